The number of hydrogen-bond donors (Lipinski definition) is 2. The zero-order chi connectivity index (χ0) is 22.3. The molecular weight excluding hydrogens is 408 g/mol. The van der Waals surface area contributed by atoms with Crippen molar-refractivity contribution in [2.24, 2.45) is 0 Å². The lowest BCUT2D eigenvalue weighted by Crippen LogP contribution is -2.36. The summed E-state index contributed by atoms with van der Waals surface area (Å²) < 4.78 is 16.1. The van der Waals surface area contributed by atoms with Crippen LogP contribution in [0.2, 0.25) is 0 Å². The van der Waals surface area contributed by atoms with E-state index in [9.17, 15) is 4.79 Å². The van der Waals surface area contributed by atoms with Crippen molar-refractivity contribution in [2.75, 3.05) is 50.7 Å². The number of aromatic nitrogens is 2. The molecule has 2 heterocycles. The molecule has 1 aliphatic rings. The fraction of sp³-hybridized carbons (Fsp3) is 0.333. The number of benzene rings is 2. The van der Waals surface area contributed by atoms with Crippen LogP contribution in [-0.2, 0) is 17.6 Å². The molecule has 168 valence electrons. The lowest BCUT2D eigenvalue weighted by molar-refractivity contribution is 0.102. The molecule has 3 aromatic rings. The molecule has 1 aromatic heterocycles. The Labute approximate surface area is 187 Å². The molecule has 32 heavy (non-hydrogen) atoms. The van der Waals surface area contributed by atoms with Crippen LogP contribution in [0, 0.1) is 0 Å². The Hall–Kier alpha value is -3.52. The summed E-state index contributed by atoms with van der Waals surface area (Å²) in [4.78, 5) is 15.0. The average Bonchev–Trinajstić information content (AvgIpc) is 3.30. The van der Waals surface area contributed by atoms with Gasteiger partial charge in [-0.3, -0.25) is 9.89 Å². The summed E-state index contributed by atoms with van der Waals surface area (Å²) in [6, 6.07) is 15.3. The minimum Gasteiger partial charge on any atom is -0.497 e. The second-order valence-corrected chi connectivity index (χ2v) is 7.60. The molecule has 0 atom stereocenters. The van der Waals surface area contributed by atoms with Gasteiger partial charge >= 0.3 is 0 Å². The second-order valence-electron chi connectivity index (χ2n) is 7.60. The van der Waals surface area contributed by atoms with Crippen LogP contribution in [0.1, 0.15) is 21.6 Å². The number of nitrogens with zero attached hydrogens (tertiary/aromatic N) is 2. The van der Waals surface area contributed by atoms with Crippen molar-refractivity contribution in [3.63, 3.8) is 0 Å². The fourth-order valence-corrected chi connectivity index (χ4v) is 3.70. The maximum Gasteiger partial charge on any atom is 0.256 e. The Morgan fingerprint density at radius 3 is 2.53 bits per heavy atom. The third-order valence-corrected chi connectivity index (χ3v) is 5.45. The third-order valence-electron chi connectivity index (χ3n) is 5.45. The summed E-state index contributed by atoms with van der Waals surface area (Å²) in [5.41, 5.74) is 3.66. The smallest absolute Gasteiger partial charge is 0.256 e. The van der Waals surface area contributed by atoms with Crippen LogP contribution in [0.5, 0.6) is 11.5 Å². The SMILES string of the molecule is COc1cc(CCc2cc(NC(=O)c3cccc(N4CCOCC4)c3)n[nH]2)cc(OC)c1. The number of anilines is 2. The van der Waals surface area contributed by atoms with E-state index in [2.05, 4.69) is 20.4 Å². The Bertz CT molecular complexity index is 1040. The predicted molar refractivity (Wildman–Crippen MR) is 123 cm³/mol. The van der Waals surface area contributed by atoms with Crippen molar-refractivity contribution in [1.82, 2.24) is 10.2 Å². The number of H-pyrrole nitrogens is 1. The molecule has 0 saturated carbocycles. The van der Waals surface area contributed by atoms with E-state index in [1.165, 1.54) is 0 Å². The van der Waals surface area contributed by atoms with Gasteiger partial charge in [-0.25, -0.2) is 0 Å². The van der Waals surface area contributed by atoms with E-state index in [4.69, 9.17) is 14.2 Å². The van der Waals surface area contributed by atoms with Gasteiger partial charge in [0.1, 0.15) is 11.5 Å². The molecule has 0 aliphatic carbocycles. The second kappa shape index (κ2) is 10.2. The van der Waals surface area contributed by atoms with Crippen molar-refractivity contribution in [2.45, 2.75) is 12.8 Å². The van der Waals surface area contributed by atoms with E-state index in [0.717, 1.165) is 54.4 Å². The molecule has 0 spiro atoms. The monoisotopic (exact) mass is 436 g/mol. The number of ether oxygens (including phenoxy) is 3. The van der Waals surface area contributed by atoms with Gasteiger partial charge in [0.25, 0.3) is 5.91 Å². The fourth-order valence-electron chi connectivity index (χ4n) is 3.70. The maximum atomic E-state index is 12.7. The molecule has 0 unspecified atom stereocenters. The molecule has 1 aliphatic heterocycles. The highest BCUT2D eigenvalue weighted by Gasteiger charge is 2.14. The highest BCUT2D eigenvalue weighted by atomic mass is 16.5. The van der Waals surface area contributed by atoms with Crippen LogP contribution < -0.4 is 19.7 Å². The first kappa shape index (κ1) is 21.7. The summed E-state index contributed by atoms with van der Waals surface area (Å²) in [5, 5.41) is 10.1. The molecule has 2 N–H and O–H groups in total. The molecule has 8 nitrogen and oxygen atoms in total. The highest BCUT2D eigenvalue weighted by Crippen LogP contribution is 2.24. The van der Waals surface area contributed by atoms with Crippen LogP contribution in [0.15, 0.2) is 48.5 Å². The van der Waals surface area contributed by atoms with Crippen LogP contribution in [0.4, 0.5) is 11.5 Å². The Balaban J connectivity index is 1.36. The summed E-state index contributed by atoms with van der Waals surface area (Å²) in [5.74, 6) is 1.84. The third kappa shape index (κ3) is 5.39. The standard InChI is InChI=1S/C24H28N4O4/c1-30-21-12-17(13-22(16-21)31-2)6-7-19-15-23(27-26-19)25-24(29)18-4-3-5-20(14-18)28-8-10-32-11-9-28/h3-5,12-16H,6-11H2,1-2H3,(H2,25,26,27,29). The van der Waals surface area contributed by atoms with Crippen molar-refractivity contribution in [3.05, 3.63) is 65.4 Å². The van der Waals surface area contributed by atoms with Crippen molar-refractivity contribution >= 4 is 17.4 Å². The van der Waals surface area contributed by atoms with E-state index in [1.54, 1.807) is 14.2 Å². The molecule has 1 fully saturated rings. The molecule has 1 amide bonds. The number of carbonyl (C=O) groups excluding carboxylic acids is 1. The number of rotatable bonds is 8. The number of nitrogens with one attached hydrogen (secondary N) is 2. The maximum absolute atomic E-state index is 12.7. The summed E-state index contributed by atoms with van der Waals surface area (Å²) in [7, 11) is 3.28. The zero-order valence-electron chi connectivity index (χ0n) is 18.4. The number of hydrogen-bond acceptors (Lipinski definition) is 6. The number of carbonyl (C=O) groups is 1. The minimum atomic E-state index is -0.185. The first-order chi connectivity index (χ1) is 15.6. The molecule has 1 saturated heterocycles. The lowest BCUT2D eigenvalue weighted by Gasteiger charge is -2.29. The lowest BCUT2D eigenvalue weighted by atomic mass is 10.1. The van der Waals surface area contributed by atoms with Crippen LogP contribution in [0.3, 0.4) is 0 Å². The zero-order valence-corrected chi connectivity index (χ0v) is 18.4. The van der Waals surface area contributed by atoms with Crippen LogP contribution in [-0.4, -0.2) is 56.6 Å². The molecular formula is C24H28N4O4. The number of morpholine rings is 1. The van der Waals surface area contributed by atoms with Gasteiger partial charge in [0.15, 0.2) is 5.82 Å². The quantitative estimate of drug-likeness (QED) is 0.563. The predicted octanol–water partition coefficient (Wildman–Crippen LogP) is 3.30. The number of aromatic amines is 1. The average molecular weight is 437 g/mol. The van der Waals surface area contributed by atoms with Gasteiger partial charge < -0.3 is 24.4 Å². The Kier molecular flexibility index (Phi) is 6.91. The Morgan fingerprint density at radius 1 is 1.06 bits per heavy atom. The molecule has 0 radical (unpaired) electrons. The van der Waals surface area contributed by atoms with Gasteiger partial charge in [-0.1, -0.05) is 6.07 Å². The van der Waals surface area contributed by atoms with Gasteiger partial charge in [-0.2, -0.15) is 5.10 Å². The van der Waals surface area contributed by atoms with Crippen molar-refractivity contribution < 1.29 is 19.0 Å². The molecule has 8 heteroatoms. The van der Waals surface area contributed by atoms with Gasteiger partial charge in [0.05, 0.1) is 27.4 Å². The normalized spacial score (nSPS) is 13.6. The van der Waals surface area contributed by atoms with E-state index in [1.807, 2.05) is 48.5 Å². The largest absolute Gasteiger partial charge is 0.497 e. The van der Waals surface area contributed by atoms with E-state index >= 15 is 0 Å². The first-order valence-corrected chi connectivity index (χ1v) is 10.6. The van der Waals surface area contributed by atoms with Crippen molar-refractivity contribution in [1.29, 1.82) is 0 Å². The molecule has 0 bridgehead atoms. The summed E-state index contributed by atoms with van der Waals surface area (Å²) in [6.07, 6.45) is 1.52. The van der Waals surface area contributed by atoms with Crippen LogP contribution in [0.25, 0.3) is 0 Å². The topological polar surface area (TPSA) is 88.7 Å². The van der Waals surface area contributed by atoms with Crippen molar-refractivity contribution in [3.8, 4) is 11.5 Å². The summed E-state index contributed by atoms with van der Waals surface area (Å²) >= 11 is 0. The van der Waals surface area contributed by atoms with Gasteiger partial charge in [0.2, 0.25) is 0 Å². The number of methoxy groups -OCH3 is 2. The van der Waals surface area contributed by atoms with E-state index in [0.29, 0.717) is 24.6 Å². The Morgan fingerprint density at radius 2 is 1.81 bits per heavy atom. The highest BCUT2D eigenvalue weighted by molar-refractivity contribution is 6.04. The summed E-state index contributed by atoms with van der Waals surface area (Å²) in [6.45, 7) is 3.06. The number of aryl methyl sites for hydroxylation is 2. The van der Waals surface area contributed by atoms with E-state index in [-0.39, 0.29) is 5.91 Å². The van der Waals surface area contributed by atoms with Gasteiger partial charge in [0, 0.05) is 42.2 Å². The van der Waals surface area contributed by atoms with Gasteiger partial charge in [-0.15, -0.1) is 0 Å². The van der Waals surface area contributed by atoms with E-state index < -0.39 is 0 Å². The molecule has 2 aromatic carbocycles. The van der Waals surface area contributed by atoms with Crippen LogP contribution >= 0.6 is 0 Å². The first-order valence-electron chi connectivity index (χ1n) is 10.6. The minimum absolute atomic E-state index is 0.185. The van der Waals surface area contributed by atoms with Gasteiger partial charge in [-0.05, 0) is 48.7 Å². The number of amides is 1. The molecule has 4 rings (SSSR count).